The van der Waals surface area contributed by atoms with Gasteiger partial charge in [0.05, 0.1) is 16.8 Å². The summed E-state index contributed by atoms with van der Waals surface area (Å²) in [5.74, 6) is -0.273. The number of hydrogen-bond donors (Lipinski definition) is 2. The molecule has 0 bridgehead atoms. The lowest BCUT2D eigenvalue weighted by atomic mass is 10.0. The van der Waals surface area contributed by atoms with Crippen LogP contribution in [0.4, 0.5) is 0 Å². The lowest BCUT2D eigenvalue weighted by molar-refractivity contribution is 0.0782. The Kier molecular flexibility index (Phi) is 5.04. The molecule has 0 saturated heterocycles. The van der Waals surface area contributed by atoms with Crippen molar-refractivity contribution in [3.8, 4) is 5.75 Å². The summed E-state index contributed by atoms with van der Waals surface area (Å²) in [6, 6.07) is 21.4. The van der Waals surface area contributed by atoms with Gasteiger partial charge >= 0.3 is 0 Å². The van der Waals surface area contributed by atoms with Gasteiger partial charge in [-0.05, 0) is 24.1 Å². The predicted molar refractivity (Wildman–Crippen MR) is 114 cm³/mol. The van der Waals surface area contributed by atoms with Gasteiger partial charge in [-0.3, -0.25) is 9.89 Å². The Morgan fingerprint density at radius 3 is 2.48 bits per heavy atom. The average Bonchev–Trinajstić information content (AvgIpc) is 3.10. The molecule has 5 nitrogen and oxygen atoms in total. The number of H-pyrrole nitrogens is 1. The van der Waals surface area contributed by atoms with E-state index in [1.165, 1.54) is 5.56 Å². The Morgan fingerprint density at radius 2 is 1.76 bits per heavy atom. The van der Waals surface area contributed by atoms with Gasteiger partial charge in [0.15, 0.2) is 0 Å². The van der Waals surface area contributed by atoms with Crippen LogP contribution in [-0.4, -0.2) is 33.2 Å². The number of nitrogens with zero attached hydrogens (tertiary/aromatic N) is 2. The summed E-state index contributed by atoms with van der Waals surface area (Å²) in [5, 5.41) is 18.6. The van der Waals surface area contributed by atoms with E-state index < -0.39 is 0 Å². The van der Waals surface area contributed by atoms with E-state index in [-0.39, 0.29) is 17.2 Å². The van der Waals surface area contributed by atoms with Crippen LogP contribution in [0.15, 0.2) is 66.7 Å². The summed E-state index contributed by atoms with van der Waals surface area (Å²) in [6.45, 7) is 2.50. The molecule has 0 saturated carbocycles. The number of rotatable bonds is 5. The van der Waals surface area contributed by atoms with E-state index in [0.29, 0.717) is 18.5 Å². The highest BCUT2D eigenvalue weighted by molar-refractivity contribution is 6.01. The number of benzene rings is 3. The number of carbonyl (C=O) groups excluding carboxylic acids is 1. The molecule has 146 valence electrons. The molecule has 3 aromatic carbocycles. The first-order valence-electron chi connectivity index (χ1n) is 9.56. The number of aromatic nitrogens is 2. The summed E-state index contributed by atoms with van der Waals surface area (Å²) >= 11 is 0. The molecular formula is C24H23N3O2. The van der Waals surface area contributed by atoms with Crippen molar-refractivity contribution >= 4 is 16.8 Å². The average molecular weight is 385 g/mol. The van der Waals surface area contributed by atoms with E-state index in [1.807, 2.05) is 61.5 Å². The minimum atomic E-state index is -0.225. The predicted octanol–water partition coefficient (Wildman–Crippen LogP) is 4.44. The second-order valence-corrected chi connectivity index (χ2v) is 7.39. The Morgan fingerprint density at radius 1 is 1.03 bits per heavy atom. The van der Waals surface area contributed by atoms with Gasteiger partial charge in [-0.25, -0.2) is 0 Å². The molecule has 1 heterocycles. The smallest absolute Gasteiger partial charge is 0.257 e. The van der Waals surface area contributed by atoms with Gasteiger partial charge in [0.25, 0.3) is 5.91 Å². The van der Waals surface area contributed by atoms with Crippen LogP contribution in [0, 0.1) is 6.92 Å². The molecule has 5 heteroatoms. The van der Waals surface area contributed by atoms with Gasteiger partial charge in [-0.2, -0.15) is 5.10 Å². The van der Waals surface area contributed by atoms with Crippen molar-refractivity contribution in [1.29, 1.82) is 0 Å². The highest BCUT2D eigenvalue weighted by Crippen LogP contribution is 2.28. The topological polar surface area (TPSA) is 69.2 Å². The highest BCUT2D eigenvalue weighted by Gasteiger charge is 2.19. The molecule has 0 fully saturated rings. The number of carbonyl (C=O) groups is 1. The first-order valence-corrected chi connectivity index (χ1v) is 9.56. The third-order valence-corrected chi connectivity index (χ3v) is 5.09. The van der Waals surface area contributed by atoms with Crippen molar-refractivity contribution in [2.45, 2.75) is 19.9 Å². The van der Waals surface area contributed by atoms with E-state index in [0.717, 1.165) is 22.2 Å². The lowest BCUT2D eigenvalue weighted by Gasteiger charge is -2.18. The van der Waals surface area contributed by atoms with Crippen LogP contribution in [0.25, 0.3) is 10.9 Å². The number of hydrogen-bond acceptors (Lipinski definition) is 3. The highest BCUT2D eigenvalue weighted by atomic mass is 16.3. The van der Waals surface area contributed by atoms with Gasteiger partial charge in [0.2, 0.25) is 0 Å². The molecule has 0 radical (unpaired) electrons. The van der Waals surface area contributed by atoms with Crippen molar-refractivity contribution in [2.24, 2.45) is 0 Å². The van der Waals surface area contributed by atoms with Crippen LogP contribution in [0.5, 0.6) is 5.75 Å². The van der Waals surface area contributed by atoms with E-state index in [9.17, 15) is 9.90 Å². The normalized spacial score (nSPS) is 11.0. The number of aromatic amines is 1. The number of aryl methyl sites for hydroxylation is 1. The van der Waals surface area contributed by atoms with E-state index in [4.69, 9.17) is 0 Å². The minimum absolute atomic E-state index is 0.0480. The Hall–Kier alpha value is -3.60. The molecule has 0 aliphatic rings. The minimum Gasteiger partial charge on any atom is -0.507 e. The Balaban J connectivity index is 1.62. The van der Waals surface area contributed by atoms with Gasteiger partial charge in [0, 0.05) is 31.5 Å². The summed E-state index contributed by atoms with van der Waals surface area (Å²) in [7, 11) is 1.74. The molecular weight excluding hydrogens is 362 g/mol. The Labute approximate surface area is 169 Å². The maximum Gasteiger partial charge on any atom is 0.257 e. The number of nitrogens with one attached hydrogen (secondary N) is 1. The third kappa shape index (κ3) is 3.99. The van der Waals surface area contributed by atoms with Crippen molar-refractivity contribution in [2.75, 3.05) is 7.05 Å². The molecule has 0 spiro atoms. The maximum absolute atomic E-state index is 13.0. The molecule has 29 heavy (non-hydrogen) atoms. The molecule has 1 amide bonds. The number of aromatic hydroxyl groups is 1. The molecule has 2 N–H and O–H groups in total. The molecule has 4 aromatic rings. The molecule has 0 aliphatic heterocycles. The van der Waals surface area contributed by atoms with Crippen LogP contribution in [-0.2, 0) is 13.0 Å². The van der Waals surface area contributed by atoms with Gasteiger partial charge < -0.3 is 10.0 Å². The summed E-state index contributed by atoms with van der Waals surface area (Å²) < 4.78 is 0. The number of phenols is 1. The second kappa shape index (κ2) is 7.80. The van der Waals surface area contributed by atoms with Crippen molar-refractivity contribution in [3.63, 3.8) is 0 Å². The van der Waals surface area contributed by atoms with Crippen LogP contribution in [0.1, 0.15) is 32.7 Å². The zero-order valence-corrected chi connectivity index (χ0v) is 16.5. The summed E-state index contributed by atoms with van der Waals surface area (Å²) in [4.78, 5) is 14.6. The van der Waals surface area contributed by atoms with Crippen molar-refractivity contribution in [1.82, 2.24) is 15.1 Å². The molecule has 4 rings (SSSR count). The van der Waals surface area contributed by atoms with E-state index in [2.05, 4.69) is 10.2 Å². The molecule has 0 unspecified atom stereocenters. The first-order chi connectivity index (χ1) is 14.0. The van der Waals surface area contributed by atoms with Crippen LogP contribution in [0.3, 0.4) is 0 Å². The van der Waals surface area contributed by atoms with Crippen LogP contribution < -0.4 is 0 Å². The third-order valence-electron chi connectivity index (χ3n) is 5.09. The fourth-order valence-corrected chi connectivity index (χ4v) is 3.45. The van der Waals surface area contributed by atoms with Crippen LogP contribution in [0.2, 0.25) is 0 Å². The number of amides is 1. The molecule has 1 aromatic heterocycles. The van der Waals surface area contributed by atoms with Gasteiger partial charge in [-0.1, -0.05) is 60.2 Å². The monoisotopic (exact) mass is 385 g/mol. The molecule has 0 aliphatic carbocycles. The standard InChI is InChI=1S/C24H23N3O2/c1-16-8-10-18(11-9-16)15-27(2)24(29)20-13-19-21(12-17-6-4-3-5-7-17)25-26-22(19)14-23(20)28/h3-11,13-14,28H,12,15H2,1-2H3,(H,25,26). The maximum atomic E-state index is 13.0. The number of fused-ring (bicyclic) bond motifs is 1. The van der Waals surface area contributed by atoms with Crippen molar-refractivity contribution < 1.29 is 9.90 Å². The van der Waals surface area contributed by atoms with Crippen molar-refractivity contribution in [3.05, 3.63) is 94.7 Å². The summed E-state index contributed by atoms with van der Waals surface area (Å²) in [5.41, 5.74) is 5.20. The fraction of sp³-hybridized carbons (Fsp3) is 0.167. The first kappa shape index (κ1) is 18.7. The summed E-state index contributed by atoms with van der Waals surface area (Å²) in [6.07, 6.45) is 0.651. The fourth-order valence-electron chi connectivity index (χ4n) is 3.45. The van der Waals surface area contributed by atoms with Gasteiger partial charge in [0.1, 0.15) is 5.75 Å². The van der Waals surface area contributed by atoms with Crippen LogP contribution >= 0.6 is 0 Å². The SMILES string of the molecule is Cc1ccc(CN(C)C(=O)c2cc3c(Cc4ccccc4)n[nH]c3cc2O)cc1. The quantitative estimate of drug-likeness (QED) is 0.534. The van der Waals surface area contributed by atoms with E-state index in [1.54, 1.807) is 24.1 Å². The zero-order chi connectivity index (χ0) is 20.4. The molecule has 0 atom stereocenters. The Bertz CT molecular complexity index is 1150. The van der Waals surface area contributed by atoms with Gasteiger partial charge in [-0.15, -0.1) is 0 Å². The second-order valence-electron chi connectivity index (χ2n) is 7.39. The lowest BCUT2D eigenvalue weighted by Crippen LogP contribution is -2.26. The largest absolute Gasteiger partial charge is 0.507 e. The zero-order valence-electron chi connectivity index (χ0n) is 16.5. The van der Waals surface area contributed by atoms with E-state index >= 15 is 0 Å². The number of phenolic OH excluding ortho intramolecular Hbond substituents is 1.